The molecule has 206 valence electrons. The van der Waals surface area contributed by atoms with Crippen LogP contribution in [0.1, 0.15) is 28.3 Å². The highest BCUT2D eigenvalue weighted by Crippen LogP contribution is 2.68. The second-order valence-electron chi connectivity index (χ2n) is 11.3. The fraction of sp³-hybridized carbons (Fsp3) is 0.281. The Labute approximate surface area is 249 Å². The monoisotopic (exact) mass is 600 g/mol. The lowest BCUT2D eigenvalue weighted by atomic mass is 9.68. The molecular weight excluding hydrogens is 576 g/mol. The number of hydrogen-bond acceptors (Lipinski definition) is 6. The van der Waals surface area contributed by atoms with E-state index in [1.165, 1.54) is 16.2 Å². The van der Waals surface area contributed by atoms with Crippen LogP contribution in [-0.2, 0) is 16.2 Å². The van der Waals surface area contributed by atoms with Crippen LogP contribution in [0.25, 0.3) is 0 Å². The van der Waals surface area contributed by atoms with Gasteiger partial charge in [-0.3, -0.25) is 19.3 Å². The van der Waals surface area contributed by atoms with E-state index in [0.717, 1.165) is 33.2 Å². The summed E-state index contributed by atoms with van der Waals surface area (Å²) in [6, 6.07) is 25.1. The Bertz CT molecular complexity index is 1740. The third kappa shape index (κ3) is 3.95. The third-order valence-electron chi connectivity index (χ3n) is 9.27. The minimum atomic E-state index is -0.345. The number of H-pyrrole nitrogens is 1. The number of carbonyl (C=O) groups excluding carboxylic acids is 2. The van der Waals surface area contributed by atoms with Gasteiger partial charge in [-0.15, -0.1) is 11.8 Å². The average Bonchev–Trinajstić information content (AvgIpc) is 3.72. The number of nitrogens with zero attached hydrogens (tertiary/aromatic N) is 1. The molecule has 2 bridgehead atoms. The number of imide groups is 1. The number of ether oxygens (including phenoxy) is 1. The molecule has 1 N–H and O–H groups in total. The summed E-state index contributed by atoms with van der Waals surface area (Å²) >= 11 is 9.04. The normalized spacial score (nSPS) is 29.4. The Morgan fingerprint density at radius 1 is 0.902 bits per heavy atom. The summed E-state index contributed by atoms with van der Waals surface area (Å²) in [5.74, 6) is 0.0995. The van der Waals surface area contributed by atoms with E-state index in [9.17, 15) is 14.4 Å². The number of nitrogens with one attached hydrogen (secondary N) is 1. The molecule has 0 radical (unpaired) electrons. The maximum Gasteiger partial charge on any atom is 0.305 e. The van der Waals surface area contributed by atoms with Crippen LogP contribution in [0.3, 0.4) is 0 Å². The zero-order valence-corrected chi connectivity index (χ0v) is 24.1. The Hall–Kier alpha value is -3.33. The maximum absolute atomic E-state index is 13.9. The molecule has 1 saturated heterocycles. The highest BCUT2D eigenvalue weighted by molar-refractivity contribution is 8.00. The fourth-order valence-corrected chi connectivity index (χ4v) is 10.8. The molecule has 2 saturated carbocycles. The zero-order valence-electron chi connectivity index (χ0n) is 21.7. The van der Waals surface area contributed by atoms with Crippen molar-refractivity contribution in [2.45, 2.75) is 29.2 Å². The smallest absolute Gasteiger partial charge is 0.305 e. The molecule has 2 aliphatic heterocycles. The quantitative estimate of drug-likeness (QED) is 0.270. The van der Waals surface area contributed by atoms with Crippen molar-refractivity contribution >= 4 is 52.2 Å². The molecule has 4 aliphatic rings. The number of hydrogen-bond donors (Lipinski definition) is 1. The first-order chi connectivity index (χ1) is 20.0. The number of benzene rings is 3. The molecule has 2 amide bonds. The highest BCUT2D eigenvalue weighted by atomic mass is 35.5. The number of rotatable bonds is 5. The van der Waals surface area contributed by atoms with Gasteiger partial charge in [-0.2, -0.15) is 0 Å². The van der Waals surface area contributed by atoms with Crippen LogP contribution in [-0.4, -0.2) is 22.0 Å². The predicted molar refractivity (Wildman–Crippen MR) is 160 cm³/mol. The van der Waals surface area contributed by atoms with Crippen molar-refractivity contribution in [1.29, 1.82) is 0 Å². The van der Waals surface area contributed by atoms with Gasteiger partial charge in [-0.1, -0.05) is 65.4 Å². The van der Waals surface area contributed by atoms with Gasteiger partial charge >= 0.3 is 4.87 Å². The largest absolute Gasteiger partial charge is 0.489 e. The van der Waals surface area contributed by atoms with Gasteiger partial charge in [0.1, 0.15) is 12.4 Å². The van der Waals surface area contributed by atoms with Crippen LogP contribution < -0.4 is 14.5 Å². The van der Waals surface area contributed by atoms with Crippen molar-refractivity contribution < 1.29 is 14.3 Å². The van der Waals surface area contributed by atoms with Crippen LogP contribution in [0, 0.1) is 29.6 Å². The van der Waals surface area contributed by atoms with E-state index >= 15 is 0 Å². The van der Waals surface area contributed by atoms with Gasteiger partial charge in [0.15, 0.2) is 0 Å². The number of amides is 2. The Kier molecular flexibility index (Phi) is 5.95. The molecular formula is C32H25ClN2O4S2. The number of thioether (sulfide) groups is 1. The molecule has 8 rings (SSSR count). The highest BCUT2D eigenvalue weighted by Gasteiger charge is 2.69. The van der Waals surface area contributed by atoms with Crippen molar-refractivity contribution in [2.24, 2.45) is 29.6 Å². The molecule has 3 fully saturated rings. The first-order valence-corrected chi connectivity index (χ1v) is 15.8. The lowest BCUT2D eigenvalue weighted by Crippen LogP contribution is -2.42. The summed E-state index contributed by atoms with van der Waals surface area (Å²) in [6.45, 7) is 0.463. The number of aromatic nitrogens is 1. The fourth-order valence-electron chi connectivity index (χ4n) is 7.77. The van der Waals surface area contributed by atoms with Crippen molar-refractivity contribution in [3.8, 4) is 5.75 Å². The van der Waals surface area contributed by atoms with E-state index in [2.05, 4.69) is 17.1 Å². The van der Waals surface area contributed by atoms with Gasteiger partial charge < -0.3 is 9.72 Å². The summed E-state index contributed by atoms with van der Waals surface area (Å²) in [5.41, 5.74) is 2.75. The van der Waals surface area contributed by atoms with Crippen molar-refractivity contribution in [3.05, 3.63) is 110 Å². The second kappa shape index (κ2) is 9.61. The molecule has 41 heavy (non-hydrogen) atoms. The van der Waals surface area contributed by atoms with E-state index in [-0.39, 0.29) is 57.4 Å². The number of thiazole rings is 1. The van der Waals surface area contributed by atoms with E-state index in [1.54, 1.807) is 36.0 Å². The van der Waals surface area contributed by atoms with Gasteiger partial charge in [-0.25, -0.2) is 0 Å². The minimum absolute atomic E-state index is 0.0519. The molecule has 0 spiro atoms. The maximum atomic E-state index is 13.9. The molecule has 6 nitrogen and oxygen atoms in total. The molecule has 9 heteroatoms. The first-order valence-electron chi connectivity index (χ1n) is 13.8. The van der Waals surface area contributed by atoms with Crippen molar-refractivity contribution in [1.82, 2.24) is 4.98 Å². The average molecular weight is 601 g/mol. The topological polar surface area (TPSA) is 79.5 Å². The lowest BCUT2D eigenvalue weighted by Gasteiger charge is -2.43. The summed E-state index contributed by atoms with van der Waals surface area (Å²) in [5, 5.41) is 1.60. The van der Waals surface area contributed by atoms with Crippen LogP contribution in [0.4, 0.5) is 5.69 Å². The van der Waals surface area contributed by atoms with E-state index in [4.69, 9.17) is 16.3 Å². The van der Waals surface area contributed by atoms with Crippen molar-refractivity contribution in [2.75, 3.05) is 4.90 Å². The van der Waals surface area contributed by atoms with E-state index in [0.29, 0.717) is 17.3 Å². The Morgan fingerprint density at radius 2 is 1.66 bits per heavy atom. The number of aromatic amines is 1. The van der Waals surface area contributed by atoms with Gasteiger partial charge in [0.05, 0.1) is 22.5 Å². The van der Waals surface area contributed by atoms with Crippen molar-refractivity contribution in [3.63, 3.8) is 0 Å². The minimum Gasteiger partial charge on any atom is -0.489 e. The molecule has 3 heterocycles. The summed E-state index contributed by atoms with van der Waals surface area (Å²) in [6.07, 6.45) is 0.851. The predicted octanol–water partition coefficient (Wildman–Crippen LogP) is 6.35. The Balaban J connectivity index is 1.16. The SMILES string of the molecule is O=C1C2C3CC(C2C(=O)N1c1ccc(Cl)cc1)C1C(c2cccc(OCc4ccccc4)c2)c2sc(=O)[nH]c2SC31. The first kappa shape index (κ1) is 25.4. The van der Waals surface area contributed by atoms with Gasteiger partial charge in [0, 0.05) is 21.1 Å². The molecule has 7 unspecified atom stereocenters. The molecule has 3 aromatic carbocycles. The van der Waals surface area contributed by atoms with Crippen LogP contribution >= 0.6 is 34.7 Å². The summed E-state index contributed by atoms with van der Waals surface area (Å²) < 4.78 is 6.18. The zero-order chi connectivity index (χ0) is 27.8. The Morgan fingerprint density at radius 3 is 2.44 bits per heavy atom. The standard InChI is InChI=1S/C32H25ClN2O4S2/c33-18-9-11-19(12-10-18)35-30(36)25-21-14-22(26(25)31(35)37)27-24(21)23(28-29(40-27)34-32(38)41-28)17-7-4-8-20(13-17)39-15-16-5-2-1-3-6-16/h1-13,21-27H,14-15H2,(H,34,38). The summed E-state index contributed by atoms with van der Waals surface area (Å²) in [4.78, 5) is 45.7. The van der Waals surface area contributed by atoms with Crippen LogP contribution in [0.5, 0.6) is 5.75 Å². The van der Waals surface area contributed by atoms with Crippen LogP contribution in [0.15, 0.2) is 88.7 Å². The summed E-state index contributed by atoms with van der Waals surface area (Å²) in [7, 11) is 0. The van der Waals surface area contributed by atoms with Gasteiger partial charge in [0.2, 0.25) is 11.8 Å². The second-order valence-corrected chi connectivity index (χ2v) is 13.9. The van der Waals surface area contributed by atoms with Crippen LogP contribution in [0.2, 0.25) is 5.02 Å². The molecule has 1 aromatic heterocycles. The molecule has 7 atom stereocenters. The number of fused-ring (bicyclic) bond motifs is 9. The lowest BCUT2D eigenvalue weighted by molar-refractivity contribution is -0.123. The van der Waals surface area contributed by atoms with Gasteiger partial charge in [0.25, 0.3) is 0 Å². The van der Waals surface area contributed by atoms with E-state index in [1.807, 2.05) is 42.5 Å². The number of halogens is 1. The number of anilines is 1. The van der Waals surface area contributed by atoms with E-state index < -0.39 is 0 Å². The number of carbonyl (C=O) groups is 2. The molecule has 2 aliphatic carbocycles. The van der Waals surface area contributed by atoms with Gasteiger partial charge in [-0.05, 0) is 71.7 Å². The third-order valence-corrected chi connectivity index (χ3v) is 12.1. The molecule has 4 aromatic rings.